The van der Waals surface area contributed by atoms with Crippen molar-refractivity contribution in [3.05, 3.63) is 24.5 Å². The summed E-state index contributed by atoms with van der Waals surface area (Å²) in [5.41, 5.74) is 0.0768. The van der Waals surface area contributed by atoms with Gasteiger partial charge in [0, 0.05) is 12.4 Å². The van der Waals surface area contributed by atoms with Crippen LogP contribution in [0.15, 0.2) is 24.5 Å². The lowest BCUT2D eigenvalue weighted by Gasteiger charge is -2.21. The van der Waals surface area contributed by atoms with E-state index in [1.165, 1.54) is 0 Å². The van der Waals surface area contributed by atoms with Crippen LogP contribution in [-0.4, -0.2) is 31.6 Å². The SMILES string of the molecule is CC(C)(Nc1ccc2nccnc2n1)C(=O)O. The molecule has 6 nitrogen and oxygen atoms in total. The number of carboxylic acid groups (broad SMARTS) is 1. The first-order valence-corrected chi connectivity index (χ1v) is 5.08. The van der Waals surface area contributed by atoms with E-state index >= 15 is 0 Å². The van der Waals surface area contributed by atoms with E-state index in [0.29, 0.717) is 17.0 Å². The minimum atomic E-state index is -1.08. The predicted molar refractivity (Wildman–Crippen MR) is 62.7 cm³/mol. The van der Waals surface area contributed by atoms with Crippen LogP contribution in [0.4, 0.5) is 5.82 Å². The Kier molecular flexibility index (Phi) is 2.63. The molecule has 0 radical (unpaired) electrons. The number of hydrogen-bond donors (Lipinski definition) is 2. The van der Waals surface area contributed by atoms with Crippen LogP contribution < -0.4 is 5.32 Å². The van der Waals surface area contributed by atoms with Crippen LogP contribution in [0.2, 0.25) is 0 Å². The summed E-state index contributed by atoms with van der Waals surface area (Å²) in [5, 5.41) is 11.8. The van der Waals surface area contributed by atoms with Gasteiger partial charge in [0.05, 0.1) is 0 Å². The molecule has 2 rings (SSSR count). The normalized spacial score (nSPS) is 11.4. The summed E-state index contributed by atoms with van der Waals surface area (Å²) in [6.07, 6.45) is 3.12. The van der Waals surface area contributed by atoms with Gasteiger partial charge in [0.25, 0.3) is 0 Å². The molecule has 2 heterocycles. The fourth-order valence-corrected chi connectivity index (χ4v) is 1.30. The number of rotatable bonds is 3. The molecule has 0 unspecified atom stereocenters. The quantitative estimate of drug-likeness (QED) is 0.829. The van der Waals surface area contributed by atoms with Crippen LogP contribution in [-0.2, 0) is 4.79 Å². The van der Waals surface area contributed by atoms with Gasteiger partial charge in [-0.2, -0.15) is 0 Å². The van der Waals surface area contributed by atoms with Gasteiger partial charge in [0.1, 0.15) is 16.9 Å². The molecule has 17 heavy (non-hydrogen) atoms. The lowest BCUT2D eigenvalue weighted by Crippen LogP contribution is -2.40. The van der Waals surface area contributed by atoms with Crippen LogP contribution in [0.1, 0.15) is 13.8 Å². The third-order valence-electron chi connectivity index (χ3n) is 2.31. The molecule has 0 aliphatic rings. The van der Waals surface area contributed by atoms with Crippen molar-refractivity contribution >= 4 is 23.0 Å². The summed E-state index contributed by atoms with van der Waals surface area (Å²) in [6, 6.07) is 3.43. The molecule has 2 N–H and O–H groups in total. The van der Waals surface area contributed by atoms with Crippen molar-refractivity contribution in [2.75, 3.05) is 5.32 Å². The van der Waals surface area contributed by atoms with E-state index in [-0.39, 0.29) is 0 Å². The van der Waals surface area contributed by atoms with Gasteiger partial charge in [0.15, 0.2) is 5.65 Å². The number of carboxylic acids is 1. The highest BCUT2D eigenvalue weighted by Crippen LogP contribution is 2.15. The number of anilines is 1. The molecule has 0 aliphatic heterocycles. The fraction of sp³-hybridized carbons (Fsp3) is 0.273. The third-order valence-corrected chi connectivity index (χ3v) is 2.31. The predicted octanol–water partition coefficient (Wildman–Crippen LogP) is 1.30. The zero-order valence-corrected chi connectivity index (χ0v) is 9.51. The van der Waals surface area contributed by atoms with Crippen LogP contribution in [0.3, 0.4) is 0 Å². The standard InChI is InChI=1S/C11H12N4O2/c1-11(2,10(16)17)15-8-4-3-7-9(14-8)13-6-5-12-7/h3-6H,1-2H3,(H,16,17)(H,13,14,15). The molecule has 2 aromatic rings. The van der Waals surface area contributed by atoms with E-state index < -0.39 is 11.5 Å². The Morgan fingerprint density at radius 3 is 2.71 bits per heavy atom. The first kappa shape index (κ1) is 11.3. The molecule has 0 aliphatic carbocycles. The number of fused-ring (bicyclic) bond motifs is 1. The summed E-state index contributed by atoms with van der Waals surface area (Å²) >= 11 is 0. The molecule has 6 heteroatoms. The number of aromatic nitrogens is 3. The molecule has 0 saturated heterocycles. The molecule has 0 atom stereocenters. The molecule has 2 aromatic heterocycles. The van der Waals surface area contributed by atoms with Gasteiger partial charge in [-0.3, -0.25) is 4.98 Å². The van der Waals surface area contributed by atoms with Crippen molar-refractivity contribution in [3.63, 3.8) is 0 Å². The minimum Gasteiger partial charge on any atom is -0.480 e. The average molecular weight is 232 g/mol. The van der Waals surface area contributed by atoms with E-state index in [2.05, 4.69) is 20.3 Å². The van der Waals surface area contributed by atoms with Gasteiger partial charge in [-0.05, 0) is 26.0 Å². The Bertz CT molecular complexity index is 568. The third kappa shape index (κ3) is 2.30. The zero-order chi connectivity index (χ0) is 12.5. The summed E-state index contributed by atoms with van der Waals surface area (Å²) in [5.74, 6) is -0.482. The molecule has 0 bridgehead atoms. The summed E-state index contributed by atoms with van der Waals surface area (Å²) in [4.78, 5) is 23.3. The number of pyridine rings is 1. The molecular formula is C11H12N4O2. The van der Waals surface area contributed by atoms with Crippen LogP contribution >= 0.6 is 0 Å². The highest BCUT2D eigenvalue weighted by atomic mass is 16.4. The number of nitrogens with one attached hydrogen (secondary N) is 1. The van der Waals surface area contributed by atoms with Crippen molar-refractivity contribution < 1.29 is 9.90 Å². The topological polar surface area (TPSA) is 88.0 Å². The molecule has 88 valence electrons. The van der Waals surface area contributed by atoms with Crippen molar-refractivity contribution in [2.45, 2.75) is 19.4 Å². The second-order valence-corrected chi connectivity index (χ2v) is 4.15. The average Bonchev–Trinajstić information content (AvgIpc) is 2.28. The maximum absolute atomic E-state index is 11.0. The van der Waals surface area contributed by atoms with Gasteiger partial charge in [-0.25, -0.2) is 14.8 Å². The maximum Gasteiger partial charge on any atom is 0.328 e. The summed E-state index contributed by atoms with van der Waals surface area (Å²) in [7, 11) is 0. The van der Waals surface area contributed by atoms with Gasteiger partial charge in [0.2, 0.25) is 0 Å². The van der Waals surface area contributed by atoms with E-state index in [1.54, 1.807) is 38.4 Å². The lowest BCUT2D eigenvalue weighted by molar-refractivity contribution is -0.141. The highest BCUT2D eigenvalue weighted by Gasteiger charge is 2.27. The molecule has 0 amide bonds. The number of aliphatic carboxylic acids is 1. The lowest BCUT2D eigenvalue weighted by atomic mass is 10.1. The van der Waals surface area contributed by atoms with Crippen LogP contribution in [0.25, 0.3) is 11.2 Å². The van der Waals surface area contributed by atoms with Crippen molar-refractivity contribution in [1.82, 2.24) is 15.0 Å². The maximum atomic E-state index is 11.0. The molecular weight excluding hydrogens is 220 g/mol. The van der Waals surface area contributed by atoms with Crippen molar-refractivity contribution in [2.24, 2.45) is 0 Å². The van der Waals surface area contributed by atoms with Gasteiger partial charge in [-0.1, -0.05) is 0 Å². The molecule has 0 aromatic carbocycles. The molecule has 0 saturated carbocycles. The van der Waals surface area contributed by atoms with Crippen LogP contribution in [0, 0.1) is 0 Å². The largest absolute Gasteiger partial charge is 0.480 e. The monoisotopic (exact) mass is 232 g/mol. The molecule has 0 spiro atoms. The second-order valence-electron chi connectivity index (χ2n) is 4.15. The number of carbonyl (C=O) groups is 1. The summed E-state index contributed by atoms with van der Waals surface area (Å²) < 4.78 is 0. The Balaban J connectivity index is 2.34. The van der Waals surface area contributed by atoms with Crippen molar-refractivity contribution in [1.29, 1.82) is 0 Å². The van der Waals surface area contributed by atoms with Gasteiger partial charge in [-0.15, -0.1) is 0 Å². The van der Waals surface area contributed by atoms with Gasteiger partial charge < -0.3 is 10.4 Å². The Labute approximate surface area is 97.7 Å². The number of nitrogens with zero attached hydrogens (tertiary/aromatic N) is 3. The highest BCUT2D eigenvalue weighted by molar-refractivity contribution is 5.82. The zero-order valence-electron chi connectivity index (χ0n) is 9.51. The van der Waals surface area contributed by atoms with E-state index in [0.717, 1.165) is 0 Å². The van der Waals surface area contributed by atoms with Gasteiger partial charge >= 0.3 is 5.97 Å². The van der Waals surface area contributed by atoms with E-state index in [1.807, 2.05) is 0 Å². The van der Waals surface area contributed by atoms with E-state index in [4.69, 9.17) is 5.11 Å². The van der Waals surface area contributed by atoms with Crippen LogP contribution in [0.5, 0.6) is 0 Å². The van der Waals surface area contributed by atoms with Crippen molar-refractivity contribution in [3.8, 4) is 0 Å². The minimum absolute atomic E-state index is 0.463. The second kappa shape index (κ2) is 3.97. The Hall–Kier alpha value is -2.24. The Morgan fingerprint density at radius 2 is 2.00 bits per heavy atom. The smallest absolute Gasteiger partial charge is 0.328 e. The number of hydrogen-bond acceptors (Lipinski definition) is 5. The molecule has 0 fully saturated rings. The Morgan fingerprint density at radius 1 is 1.29 bits per heavy atom. The van der Waals surface area contributed by atoms with E-state index in [9.17, 15) is 4.79 Å². The first-order chi connectivity index (χ1) is 7.99. The fourth-order valence-electron chi connectivity index (χ4n) is 1.30. The summed E-state index contributed by atoms with van der Waals surface area (Å²) in [6.45, 7) is 3.13. The first-order valence-electron chi connectivity index (χ1n) is 5.08.